The van der Waals surface area contributed by atoms with Crippen molar-refractivity contribution >= 4 is 39.3 Å². The summed E-state index contributed by atoms with van der Waals surface area (Å²) in [5, 5.41) is 0. The van der Waals surface area contributed by atoms with Crippen LogP contribution in [-0.4, -0.2) is 18.2 Å². The van der Waals surface area contributed by atoms with Crippen molar-refractivity contribution in [3.63, 3.8) is 0 Å². The third kappa shape index (κ3) is 2.55. The predicted octanol–water partition coefficient (Wildman–Crippen LogP) is 4.20. The number of anilines is 1. The molecule has 3 rings (SSSR count). The van der Waals surface area contributed by atoms with E-state index in [1.54, 1.807) is 11.8 Å². The third-order valence-corrected chi connectivity index (χ3v) is 4.64. The van der Waals surface area contributed by atoms with E-state index < -0.39 is 0 Å². The summed E-state index contributed by atoms with van der Waals surface area (Å²) < 4.78 is 0.985. The van der Waals surface area contributed by atoms with E-state index in [9.17, 15) is 4.79 Å². The highest BCUT2D eigenvalue weighted by Gasteiger charge is 2.23. The van der Waals surface area contributed by atoms with E-state index in [0.29, 0.717) is 0 Å². The van der Waals surface area contributed by atoms with Gasteiger partial charge in [0.25, 0.3) is 5.91 Å². The molecule has 1 aliphatic heterocycles. The molecule has 1 aliphatic rings. The minimum atomic E-state index is 0.0697. The van der Waals surface area contributed by atoms with Gasteiger partial charge >= 0.3 is 0 Å². The first kappa shape index (κ1) is 12.8. The fourth-order valence-electron chi connectivity index (χ4n) is 2.13. The Balaban J connectivity index is 1.95. The van der Waals surface area contributed by atoms with Crippen LogP contribution in [0.25, 0.3) is 0 Å². The Bertz CT molecular complexity index is 612. The minimum Gasteiger partial charge on any atom is -0.306 e. The smallest absolute Gasteiger partial charge is 0.258 e. The second kappa shape index (κ2) is 5.39. The van der Waals surface area contributed by atoms with E-state index in [-0.39, 0.29) is 5.91 Å². The third-order valence-electron chi connectivity index (χ3n) is 3.06. The number of para-hydroxylation sites is 1. The Hall–Kier alpha value is -1.26. The fourth-order valence-corrected chi connectivity index (χ4v) is 3.39. The van der Waals surface area contributed by atoms with Gasteiger partial charge in [-0.3, -0.25) is 4.79 Å². The number of halogens is 1. The van der Waals surface area contributed by atoms with Crippen LogP contribution >= 0.6 is 27.7 Å². The van der Waals surface area contributed by atoms with Crippen LogP contribution in [0.5, 0.6) is 0 Å². The van der Waals surface area contributed by atoms with Gasteiger partial charge in [0.05, 0.1) is 5.69 Å². The molecule has 0 saturated heterocycles. The average molecular weight is 334 g/mol. The van der Waals surface area contributed by atoms with Crippen molar-refractivity contribution in [2.24, 2.45) is 0 Å². The first-order chi connectivity index (χ1) is 9.25. The monoisotopic (exact) mass is 333 g/mol. The van der Waals surface area contributed by atoms with Gasteiger partial charge in [0.15, 0.2) is 0 Å². The van der Waals surface area contributed by atoms with Gasteiger partial charge in [-0.25, -0.2) is 0 Å². The molecule has 0 spiro atoms. The summed E-state index contributed by atoms with van der Waals surface area (Å²) in [6.45, 7) is 0.760. The van der Waals surface area contributed by atoms with Crippen molar-refractivity contribution in [1.29, 1.82) is 0 Å². The molecule has 2 aromatic carbocycles. The van der Waals surface area contributed by atoms with Crippen LogP contribution in [0.3, 0.4) is 0 Å². The lowest BCUT2D eigenvalue weighted by molar-refractivity contribution is 0.0987. The molecule has 96 valence electrons. The Labute approximate surface area is 124 Å². The summed E-state index contributed by atoms with van der Waals surface area (Å²) in [4.78, 5) is 15.6. The highest BCUT2D eigenvalue weighted by molar-refractivity contribution is 9.10. The molecule has 0 radical (unpaired) electrons. The lowest BCUT2D eigenvalue weighted by atomic mass is 10.2. The lowest BCUT2D eigenvalue weighted by Gasteiger charge is -2.29. The van der Waals surface area contributed by atoms with E-state index in [1.165, 1.54) is 4.90 Å². The molecule has 2 aromatic rings. The van der Waals surface area contributed by atoms with Gasteiger partial charge in [0.2, 0.25) is 0 Å². The van der Waals surface area contributed by atoms with Crippen LogP contribution in [0.2, 0.25) is 0 Å². The van der Waals surface area contributed by atoms with E-state index in [4.69, 9.17) is 0 Å². The predicted molar refractivity (Wildman–Crippen MR) is 83.0 cm³/mol. The average Bonchev–Trinajstić information content (AvgIpc) is 2.47. The number of hydrogen-bond acceptors (Lipinski definition) is 2. The summed E-state index contributed by atoms with van der Waals surface area (Å²) in [6.07, 6.45) is 0. The summed E-state index contributed by atoms with van der Waals surface area (Å²) in [5.74, 6) is 1.01. The minimum absolute atomic E-state index is 0.0697. The van der Waals surface area contributed by atoms with Gasteiger partial charge in [-0.05, 0) is 36.4 Å². The van der Waals surface area contributed by atoms with Gasteiger partial charge in [-0.1, -0.05) is 28.1 Å². The van der Waals surface area contributed by atoms with E-state index in [0.717, 1.165) is 28.0 Å². The number of benzene rings is 2. The summed E-state index contributed by atoms with van der Waals surface area (Å²) in [6, 6.07) is 15.6. The Morgan fingerprint density at radius 2 is 1.84 bits per heavy atom. The lowest BCUT2D eigenvalue weighted by Crippen LogP contribution is -2.35. The first-order valence-corrected chi connectivity index (χ1v) is 7.83. The van der Waals surface area contributed by atoms with Crippen LogP contribution in [-0.2, 0) is 0 Å². The molecule has 0 bridgehead atoms. The standard InChI is InChI=1S/C15H12BrNOS/c16-12-7-5-11(6-8-12)15(18)17-9-10-19-14-4-2-1-3-13(14)17/h1-8H,9-10H2. The van der Waals surface area contributed by atoms with Crippen LogP contribution in [0.1, 0.15) is 10.4 Å². The van der Waals surface area contributed by atoms with Crippen molar-refractivity contribution in [2.45, 2.75) is 4.90 Å². The molecule has 0 saturated carbocycles. The largest absolute Gasteiger partial charge is 0.306 e. The van der Waals surface area contributed by atoms with Crippen molar-refractivity contribution < 1.29 is 4.79 Å². The molecular weight excluding hydrogens is 322 g/mol. The van der Waals surface area contributed by atoms with Gasteiger partial charge in [-0.15, -0.1) is 11.8 Å². The molecular formula is C15H12BrNOS. The Morgan fingerprint density at radius 1 is 1.11 bits per heavy atom. The molecule has 4 heteroatoms. The Morgan fingerprint density at radius 3 is 2.63 bits per heavy atom. The van der Waals surface area contributed by atoms with E-state index >= 15 is 0 Å². The van der Waals surface area contributed by atoms with Crippen LogP contribution in [0.4, 0.5) is 5.69 Å². The molecule has 0 fully saturated rings. The Kier molecular flexibility index (Phi) is 3.62. The summed E-state index contributed by atoms with van der Waals surface area (Å²) >= 11 is 5.19. The van der Waals surface area contributed by atoms with Gasteiger partial charge in [-0.2, -0.15) is 0 Å². The normalized spacial score (nSPS) is 14.1. The molecule has 1 amide bonds. The molecule has 0 N–H and O–H groups in total. The van der Waals surface area contributed by atoms with Crippen molar-refractivity contribution in [2.75, 3.05) is 17.2 Å². The van der Waals surface area contributed by atoms with Crippen molar-refractivity contribution in [1.82, 2.24) is 0 Å². The molecule has 0 aromatic heterocycles. The maximum Gasteiger partial charge on any atom is 0.258 e. The zero-order valence-corrected chi connectivity index (χ0v) is 12.6. The van der Waals surface area contributed by atoms with E-state index in [2.05, 4.69) is 22.0 Å². The van der Waals surface area contributed by atoms with Gasteiger partial charge in [0.1, 0.15) is 0 Å². The second-order valence-corrected chi connectivity index (χ2v) is 6.33. The molecule has 2 nitrogen and oxygen atoms in total. The summed E-state index contributed by atoms with van der Waals surface area (Å²) in [7, 11) is 0. The number of carbonyl (C=O) groups is 1. The number of rotatable bonds is 1. The number of hydrogen-bond donors (Lipinski definition) is 0. The molecule has 19 heavy (non-hydrogen) atoms. The number of amides is 1. The van der Waals surface area contributed by atoms with Crippen molar-refractivity contribution in [3.8, 4) is 0 Å². The van der Waals surface area contributed by atoms with Gasteiger partial charge in [0, 0.05) is 27.2 Å². The number of carbonyl (C=O) groups excluding carboxylic acids is 1. The highest BCUT2D eigenvalue weighted by atomic mass is 79.9. The highest BCUT2D eigenvalue weighted by Crippen LogP contribution is 2.35. The quantitative estimate of drug-likeness (QED) is 0.779. The molecule has 0 unspecified atom stereocenters. The topological polar surface area (TPSA) is 20.3 Å². The van der Waals surface area contributed by atoms with Crippen molar-refractivity contribution in [3.05, 3.63) is 58.6 Å². The molecule has 0 aliphatic carbocycles. The SMILES string of the molecule is O=C(c1ccc(Br)cc1)N1CCSc2ccccc21. The van der Waals surface area contributed by atoms with Crippen LogP contribution in [0.15, 0.2) is 57.9 Å². The zero-order chi connectivity index (χ0) is 13.2. The summed E-state index contributed by atoms with van der Waals surface area (Å²) in [5.41, 5.74) is 1.75. The van der Waals surface area contributed by atoms with Crippen LogP contribution in [0, 0.1) is 0 Å². The number of fused-ring (bicyclic) bond motifs is 1. The fraction of sp³-hybridized carbons (Fsp3) is 0.133. The second-order valence-electron chi connectivity index (χ2n) is 4.28. The zero-order valence-electron chi connectivity index (χ0n) is 10.2. The first-order valence-electron chi connectivity index (χ1n) is 6.05. The molecule has 1 heterocycles. The maximum absolute atomic E-state index is 12.6. The van der Waals surface area contributed by atoms with E-state index in [1.807, 2.05) is 47.4 Å². The van der Waals surface area contributed by atoms with Crippen LogP contribution < -0.4 is 4.90 Å². The maximum atomic E-state index is 12.6. The number of thioether (sulfide) groups is 1. The van der Waals surface area contributed by atoms with Gasteiger partial charge < -0.3 is 4.90 Å². The number of nitrogens with zero attached hydrogens (tertiary/aromatic N) is 1. The molecule has 0 atom stereocenters.